The Bertz CT molecular complexity index is 799. The van der Waals surface area contributed by atoms with Gasteiger partial charge in [0, 0.05) is 19.1 Å². The molecule has 1 saturated heterocycles. The van der Waals surface area contributed by atoms with E-state index in [0.717, 1.165) is 38.8 Å². The average Bonchev–Trinajstić information content (AvgIpc) is 3.46. The van der Waals surface area contributed by atoms with Gasteiger partial charge in [-0.3, -0.25) is 10.1 Å². The second kappa shape index (κ2) is 6.78. The largest absolute Gasteiger partial charge is 0.508 e. The Morgan fingerprint density at radius 1 is 1.15 bits per heavy atom. The lowest BCUT2D eigenvalue weighted by molar-refractivity contribution is -0.384. The summed E-state index contributed by atoms with van der Waals surface area (Å²) in [7, 11) is 0. The summed E-state index contributed by atoms with van der Waals surface area (Å²) >= 11 is 0. The highest BCUT2D eigenvalue weighted by Gasteiger charge is 2.28. The molecule has 1 aliphatic heterocycles. The van der Waals surface area contributed by atoms with Crippen LogP contribution in [0.4, 0.5) is 17.5 Å². The molecule has 0 unspecified atom stereocenters. The Hall–Kier alpha value is -2.90. The summed E-state index contributed by atoms with van der Waals surface area (Å²) in [6, 6.07) is 7.66. The highest BCUT2D eigenvalue weighted by molar-refractivity contribution is 5.58. The van der Waals surface area contributed by atoms with Crippen molar-refractivity contribution in [2.24, 2.45) is 0 Å². The summed E-state index contributed by atoms with van der Waals surface area (Å²) in [5, 5.41) is 23.8. The van der Waals surface area contributed by atoms with Crippen molar-refractivity contribution in [2.75, 3.05) is 23.3 Å². The number of hydrogen-bond donors (Lipinski definition) is 2. The van der Waals surface area contributed by atoms with E-state index in [0.29, 0.717) is 17.7 Å². The van der Waals surface area contributed by atoms with Crippen LogP contribution in [0.2, 0.25) is 0 Å². The molecule has 136 valence electrons. The zero-order valence-corrected chi connectivity index (χ0v) is 14.3. The second-order valence-corrected chi connectivity index (χ2v) is 6.93. The van der Waals surface area contributed by atoms with Gasteiger partial charge >= 0.3 is 5.69 Å². The number of phenols is 1. The number of nitro groups is 1. The lowest BCUT2D eigenvalue weighted by Gasteiger charge is -2.32. The monoisotopic (exact) mass is 355 g/mol. The van der Waals surface area contributed by atoms with Crippen molar-refractivity contribution in [3.05, 3.63) is 46.1 Å². The highest BCUT2D eigenvalue weighted by Crippen LogP contribution is 2.33. The molecule has 0 spiro atoms. The van der Waals surface area contributed by atoms with Gasteiger partial charge in [0.1, 0.15) is 11.9 Å². The van der Waals surface area contributed by atoms with Crippen molar-refractivity contribution >= 4 is 17.5 Å². The maximum Gasteiger partial charge on any atom is 0.329 e. The highest BCUT2D eigenvalue weighted by atomic mass is 16.6. The van der Waals surface area contributed by atoms with Crippen LogP contribution in [0.5, 0.6) is 5.75 Å². The Morgan fingerprint density at radius 2 is 1.85 bits per heavy atom. The summed E-state index contributed by atoms with van der Waals surface area (Å²) in [4.78, 5) is 21.5. The maximum absolute atomic E-state index is 11.2. The van der Waals surface area contributed by atoms with Crippen molar-refractivity contribution in [2.45, 2.75) is 37.6 Å². The SMILES string of the molecule is O=[N+]([O-])c1cnc(N2CCC(c3ccc(O)cc3)CC2)nc1NC1CC1. The number of benzene rings is 1. The molecule has 1 saturated carbocycles. The number of rotatable bonds is 5. The third kappa shape index (κ3) is 3.54. The van der Waals surface area contributed by atoms with Gasteiger partial charge < -0.3 is 15.3 Å². The number of aromatic hydroxyl groups is 1. The smallest absolute Gasteiger partial charge is 0.329 e. The van der Waals surface area contributed by atoms with E-state index in [-0.39, 0.29) is 17.5 Å². The van der Waals surface area contributed by atoms with Crippen molar-refractivity contribution < 1.29 is 10.0 Å². The molecular weight excluding hydrogens is 334 g/mol. The Balaban J connectivity index is 1.46. The van der Waals surface area contributed by atoms with E-state index in [1.165, 1.54) is 11.8 Å². The molecule has 0 amide bonds. The average molecular weight is 355 g/mol. The van der Waals surface area contributed by atoms with E-state index in [9.17, 15) is 15.2 Å². The van der Waals surface area contributed by atoms with Crippen LogP contribution in [-0.2, 0) is 0 Å². The van der Waals surface area contributed by atoms with Gasteiger partial charge in [-0.25, -0.2) is 4.98 Å². The number of aromatic nitrogens is 2. The molecule has 1 aromatic heterocycles. The minimum absolute atomic E-state index is 0.0698. The van der Waals surface area contributed by atoms with Gasteiger partial charge in [0.2, 0.25) is 11.8 Å². The van der Waals surface area contributed by atoms with Crippen molar-refractivity contribution in [1.29, 1.82) is 0 Å². The Labute approximate surface area is 151 Å². The number of nitrogens with one attached hydrogen (secondary N) is 1. The van der Waals surface area contributed by atoms with E-state index < -0.39 is 4.92 Å². The van der Waals surface area contributed by atoms with Crippen LogP contribution in [0.15, 0.2) is 30.5 Å². The van der Waals surface area contributed by atoms with E-state index in [2.05, 4.69) is 20.2 Å². The van der Waals surface area contributed by atoms with Gasteiger partial charge in [0.25, 0.3) is 0 Å². The minimum Gasteiger partial charge on any atom is -0.508 e. The molecule has 2 aliphatic rings. The van der Waals surface area contributed by atoms with Gasteiger partial charge in [-0.15, -0.1) is 0 Å². The molecule has 2 aromatic rings. The van der Waals surface area contributed by atoms with Gasteiger partial charge in [-0.05, 0) is 49.3 Å². The molecule has 2 heterocycles. The topological polar surface area (TPSA) is 104 Å². The lowest BCUT2D eigenvalue weighted by atomic mass is 9.89. The van der Waals surface area contributed by atoms with Crippen molar-refractivity contribution in [3.63, 3.8) is 0 Å². The number of nitrogens with zero attached hydrogens (tertiary/aromatic N) is 4. The maximum atomic E-state index is 11.2. The van der Waals surface area contributed by atoms with E-state index in [1.54, 1.807) is 12.1 Å². The van der Waals surface area contributed by atoms with Crippen LogP contribution >= 0.6 is 0 Å². The van der Waals surface area contributed by atoms with E-state index >= 15 is 0 Å². The molecule has 8 nitrogen and oxygen atoms in total. The number of hydrogen-bond acceptors (Lipinski definition) is 7. The molecule has 2 fully saturated rings. The first-order valence-corrected chi connectivity index (χ1v) is 8.92. The standard InChI is InChI=1S/C18H21N5O3/c24-15-5-1-12(2-6-15)13-7-9-22(10-8-13)18-19-11-16(23(25)26)17(21-18)20-14-3-4-14/h1-2,5-6,11,13-14,24H,3-4,7-10H2,(H,19,20,21). The van der Waals surface area contributed by atoms with Gasteiger partial charge in [-0.2, -0.15) is 4.98 Å². The van der Waals surface area contributed by atoms with Crippen LogP contribution < -0.4 is 10.2 Å². The molecule has 26 heavy (non-hydrogen) atoms. The van der Waals surface area contributed by atoms with E-state index in [4.69, 9.17) is 0 Å². The summed E-state index contributed by atoms with van der Waals surface area (Å²) in [6.45, 7) is 1.60. The van der Waals surface area contributed by atoms with Crippen molar-refractivity contribution in [3.8, 4) is 5.75 Å². The predicted molar refractivity (Wildman–Crippen MR) is 97.6 cm³/mol. The molecule has 2 N–H and O–H groups in total. The summed E-state index contributed by atoms with van der Waals surface area (Å²) in [6.07, 6.45) is 5.26. The zero-order chi connectivity index (χ0) is 18.1. The van der Waals surface area contributed by atoms with Crippen LogP contribution in [0.25, 0.3) is 0 Å². The number of piperidine rings is 1. The summed E-state index contributed by atoms with van der Waals surface area (Å²) in [5.41, 5.74) is 1.16. The Morgan fingerprint density at radius 3 is 2.46 bits per heavy atom. The first kappa shape index (κ1) is 16.6. The van der Waals surface area contributed by atoms with Crippen LogP contribution in [0.3, 0.4) is 0 Å². The molecular formula is C18H21N5O3. The first-order valence-electron chi connectivity index (χ1n) is 8.92. The fourth-order valence-corrected chi connectivity index (χ4v) is 3.34. The van der Waals surface area contributed by atoms with Crippen LogP contribution in [0, 0.1) is 10.1 Å². The minimum atomic E-state index is -0.439. The number of anilines is 2. The van der Waals surface area contributed by atoms with Gasteiger partial charge in [0.05, 0.1) is 4.92 Å². The molecule has 1 aromatic carbocycles. The van der Waals surface area contributed by atoms with Crippen molar-refractivity contribution in [1.82, 2.24) is 9.97 Å². The fourth-order valence-electron chi connectivity index (χ4n) is 3.34. The second-order valence-electron chi connectivity index (χ2n) is 6.93. The Kier molecular flexibility index (Phi) is 4.32. The lowest BCUT2D eigenvalue weighted by Crippen LogP contribution is -2.34. The summed E-state index contributed by atoms with van der Waals surface area (Å²) < 4.78 is 0. The quantitative estimate of drug-likeness (QED) is 0.627. The molecule has 8 heteroatoms. The molecule has 4 rings (SSSR count). The molecule has 0 atom stereocenters. The first-order chi connectivity index (χ1) is 12.6. The molecule has 0 bridgehead atoms. The third-order valence-electron chi connectivity index (χ3n) is 5.01. The normalized spacial score (nSPS) is 17.9. The predicted octanol–water partition coefficient (Wildman–Crippen LogP) is 3.05. The zero-order valence-electron chi connectivity index (χ0n) is 14.3. The molecule has 1 aliphatic carbocycles. The third-order valence-corrected chi connectivity index (χ3v) is 5.01. The number of phenolic OH excluding ortho intramolecular Hbond substituents is 1. The van der Waals surface area contributed by atoms with E-state index in [1.807, 2.05) is 12.1 Å². The molecule has 0 radical (unpaired) electrons. The van der Waals surface area contributed by atoms with Gasteiger partial charge in [0.15, 0.2) is 0 Å². The van der Waals surface area contributed by atoms with Gasteiger partial charge in [-0.1, -0.05) is 12.1 Å². The van der Waals surface area contributed by atoms with Crippen LogP contribution in [-0.4, -0.2) is 39.1 Å². The summed E-state index contributed by atoms with van der Waals surface area (Å²) in [5.74, 6) is 1.58. The van der Waals surface area contributed by atoms with Crippen LogP contribution in [0.1, 0.15) is 37.2 Å². The fraction of sp³-hybridized carbons (Fsp3) is 0.444.